The number of hydrogen-bond donors (Lipinski definition) is 2. The number of nitrogens with one attached hydrogen (secondary N) is 1. The van der Waals surface area contributed by atoms with Crippen molar-refractivity contribution in [3.05, 3.63) is 35.9 Å². The van der Waals surface area contributed by atoms with Gasteiger partial charge in [0, 0.05) is 6.42 Å². The highest BCUT2D eigenvalue weighted by molar-refractivity contribution is 5.78. The summed E-state index contributed by atoms with van der Waals surface area (Å²) < 4.78 is 4.98. The highest BCUT2D eigenvalue weighted by Crippen LogP contribution is 2.23. The van der Waals surface area contributed by atoms with Crippen molar-refractivity contribution in [3.8, 4) is 0 Å². The number of carbonyl (C=O) groups is 2. The molecule has 1 saturated heterocycles. The topological polar surface area (TPSA) is 93.9 Å². The zero-order chi connectivity index (χ0) is 15.9. The van der Waals surface area contributed by atoms with Crippen LogP contribution in [0.4, 0.5) is 0 Å². The van der Waals surface area contributed by atoms with Crippen LogP contribution in [0.5, 0.6) is 0 Å². The quantitative estimate of drug-likeness (QED) is 0.727. The first-order chi connectivity index (χ1) is 10.6. The molecule has 2 rings (SSSR count). The highest BCUT2D eigenvalue weighted by Gasteiger charge is 2.39. The SMILES string of the molecule is CCOC(=O)[C@H]1C[C@@H](NC(=O)CN)N(Cc2ccccc2)O1. The van der Waals surface area contributed by atoms with Gasteiger partial charge in [-0.3, -0.25) is 9.63 Å². The maximum Gasteiger partial charge on any atom is 0.337 e. The lowest BCUT2D eigenvalue weighted by molar-refractivity contribution is -0.195. The van der Waals surface area contributed by atoms with E-state index in [9.17, 15) is 9.59 Å². The minimum absolute atomic E-state index is 0.111. The average Bonchev–Trinajstić information content (AvgIpc) is 2.91. The van der Waals surface area contributed by atoms with E-state index in [1.807, 2.05) is 30.3 Å². The molecule has 1 aliphatic heterocycles. The third kappa shape index (κ3) is 4.27. The monoisotopic (exact) mass is 307 g/mol. The van der Waals surface area contributed by atoms with E-state index in [1.165, 1.54) is 0 Å². The summed E-state index contributed by atoms with van der Waals surface area (Å²) in [5.74, 6) is -0.721. The molecule has 1 aromatic carbocycles. The molecule has 7 heteroatoms. The molecule has 1 fully saturated rings. The van der Waals surface area contributed by atoms with Gasteiger partial charge in [-0.05, 0) is 12.5 Å². The Labute approximate surface area is 129 Å². The van der Waals surface area contributed by atoms with Crippen LogP contribution in [0.3, 0.4) is 0 Å². The van der Waals surface area contributed by atoms with E-state index < -0.39 is 18.2 Å². The van der Waals surface area contributed by atoms with Crippen molar-refractivity contribution < 1.29 is 19.2 Å². The molecule has 0 unspecified atom stereocenters. The van der Waals surface area contributed by atoms with E-state index in [4.69, 9.17) is 15.3 Å². The van der Waals surface area contributed by atoms with E-state index in [2.05, 4.69) is 5.32 Å². The van der Waals surface area contributed by atoms with Crippen molar-refractivity contribution in [3.63, 3.8) is 0 Å². The molecule has 0 saturated carbocycles. The van der Waals surface area contributed by atoms with Gasteiger partial charge in [-0.2, -0.15) is 5.06 Å². The third-order valence-corrected chi connectivity index (χ3v) is 3.29. The van der Waals surface area contributed by atoms with Crippen molar-refractivity contribution in [2.75, 3.05) is 13.2 Å². The van der Waals surface area contributed by atoms with Crippen LogP contribution in [0, 0.1) is 0 Å². The lowest BCUT2D eigenvalue weighted by Crippen LogP contribution is -2.45. The second kappa shape index (κ2) is 7.88. The van der Waals surface area contributed by atoms with Gasteiger partial charge in [0.1, 0.15) is 6.17 Å². The van der Waals surface area contributed by atoms with E-state index in [1.54, 1.807) is 12.0 Å². The third-order valence-electron chi connectivity index (χ3n) is 3.29. The van der Waals surface area contributed by atoms with Gasteiger partial charge < -0.3 is 15.8 Å². The molecule has 7 nitrogen and oxygen atoms in total. The Bertz CT molecular complexity index is 509. The smallest absolute Gasteiger partial charge is 0.337 e. The number of hydroxylamine groups is 2. The largest absolute Gasteiger partial charge is 0.464 e. The second-order valence-corrected chi connectivity index (χ2v) is 4.93. The van der Waals surface area contributed by atoms with Crippen LogP contribution in [0.2, 0.25) is 0 Å². The molecule has 0 aromatic heterocycles. The van der Waals surface area contributed by atoms with Gasteiger partial charge in [0.05, 0.1) is 19.7 Å². The summed E-state index contributed by atoms with van der Waals surface area (Å²) in [6.45, 7) is 2.37. The number of benzene rings is 1. The summed E-state index contributed by atoms with van der Waals surface area (Å²) in [7, 11) is 0. The van der Waals surface area contributed by atoms with Gasteiger partial charge in [-0.25, -0.2) is 4.79 Å². The highest BCUT2D eigenvalue weighted by atomic mass is 16.7. The van der Waals surface area contributed by atoms with Gasteiger partial charge in [0.25, 0.3) is 0 Å². The van der Waals surface area contributed by atoms with Crippen molar-refractivity contribution in [2.24, 2.45) is 5.73 Å². The number of amides is 1. The van der Waals surface area contributed by atoms with Gasteiger partial charge in [-0.1, -0.05) is 30.3 Å². The van der Waals surface area contributed by atoms with Gasteiger partial charge in [0.15, 0.2) is 6.10 Å². The number of nitrogens with zero attached hydrogens (tertiary/aromatic N) is 1. The Morgan fingerprint density at radius 3 is 2.77 bits per heavy atom. The van der Waals surface area contributed by atoms with Crippen LogP contribution in [0.1, 0.15) is 18.9 Å². The molecule has 3 N–H and O–H groups in total. The predicted octanol–water partition coefficient (Wildman–Crippen LogP) is 0.157. The van der Waals surface area contributed by atoms with Crippen LogP contribution in [-0.4, -0.2) is 42.4 Å². The fraction of sp³-hybridized carbons (Fsp3) is 0.467. The average molecular weight is 307 g/mol. The standard InChI is InChI=1S/C15H21N3O4/c1-2-21-15(20)12-8-13(17-14(19)9-16)18(22-12)10-11-6-4-3-5-7-11/h3-7,12-13H,2,8-10,16H2,1H3,(H,17,19)/t12-,13+/m1/s1. The number of esters is 1. The predicted molar refractivity (Wildman–Crippen MR) is 79.1 cm³/mol. The van der Waals surface area contributed by atoms with Crippen molar-refractivity contribution in [1.82, 2.24) is 10.4 Å². The van der Waals surface area contributed by atoms with Crippen LogP contribution in [-0.2, 0) is 25.7 Å². The summed E-state index contributed by atoms with van der Waals surface area (Å²) in [4.78, 5) is 29.0. The van der Waals surface area contributed by atoms with Crippen LogP contribution >= 0.6 is 0 Å². The molecular weight excluding hydrogens is 286 g/mol. The zero-order valence-corrected chi connectivity index (χ0v) is 12.5. The van der Waals surface area contributed by atoms with Crippen LogP contribution < -0.4 is 11.1 Å². The summed E-state index contributed by atoms with van der Waals surface area (Å²) in [5, 5.41) is 4.34. The molecule has 0 bridgehead atoms. The van der Waals surface area contributed by atoms with E-state index >= 15 is 0 Å². The van der Waals surface area contributed by atoms with E-state index in [-0.39, 0.29) is 19.1 Å². The lowest BCUT2D eigenvalue weighted by atomic mass is 10.2. The first-order valence-corrected chi connectivity index (χ1v) is 7.27. The molecular formula is C15H21N3O4. The molecule has 0 radical (unpaired) electrons. The summed E-state index contributed by atoms with van der Waals surface area (Å²) in [6.07, 6.45) is -0.797. The number of hydrogen-bond acceptors (Lipinski definition) is 6. The van der Waals surface area contributed by atoms with E-state index in [0.29, 0.717) is 13.0 Å². The Morgan fingerprint density at radius 2 is 2.14 bits per heavy atom. The summed E-state index contributed by atoms with van der Waals surface area (Å²) >= 11 is 0. The number of nitrogens with two attached hydrogens (primary N) is 1. The summed E-state index contributed by atoms with van der Waals surface area (Å²) in [5.41, 5.74) is 6.34. The maximum absolute atomic E-state index is 11.8. The number of ether oxygens (including phenoxy) is 1. The Kier molecular flexibility index (Phi) is 5.88. The van der Waals surface area contributed by atoms with Crippen molar-refractivity contribution in [2.45, 2.75) is 32.2 Å². The van der Waals surface area contributed by atoms with Crippen LogP contribution in [0.25, 0.3) is 0 Å². The molecule has 1 heterocycles. The lowest BCUT2D eigenvalue weighted by Gasteiger charge is -2.23. The second-order valence-electron chi connectivity index (χ2n) is 4.93. The first-order valence-electron chi connectivity index (χ1n) is 7.27. The van der Waals surface area contributed by atoms with Gasteiger partial charge >= 0.3 is 5.97 Å². The Morgan fingerprint density at radius 1 is 1.41 bits per heavy atom. The van der Waals surface area contributed by atoms with Crippen molar-refractivity contribution >= 4 is 11.9 Å². The molecule has 0 aliphatic carbocycles. The molecule has 1 aliphatic rings. The fourth-order valence-corrected chi connectivity index (χ4v) is 2.26. The number of carbonyl (C=O) groups excluding carboxylic acids is 2. The normalized spacial score (nSPS) is 21.5. The van der Waals surface area contributed by atoms with Gasteiger partial charge in [0.2, 0.25) is 5.91 Å². The fourth-order valence-electron chi connectivity index (χ4n) is 2.26. The van der Waals surface area contributed by atoms with E-state index in [0.717, 1.165) is 5.56 Å². The zero-order valence-electron chi connectivity index (χ0n) is 12.5. The molecule has 120 valence electrons. The minimum atomic E-state index is -0.716. The number of rotatable bonds is 6. The van der Waals surface area contributed by atoms with Crippen molar-refractivity contribution in [1.29, 1.82) is 0 Å². The molecule has 0 spiro atoms. The molecule has 22 heavy (non-hydrogen) atoms. The van der Waals surface area contributed by atoms with Gasteiger partial charge in [-0.15, -0.1) is 0 Å². The Balaban J connectivity index is 2.05. The first kappa shape index (κ1) is 16.4. The molecule has 1 amide bonds. The Hall–Kier alpha value is -1.96. The maximum atomic E-state index is 11.8. The summed E-state index contributed by atoms with van der Waals surface area (Å²) in [6, 6.07) is 9.65. The molecule has 2 atom stereocenters. The molecule has 1 aromatic rings. The van der Waals surface area contributed by atoms with Crippen LogP contribution in [0.15, 0.2) is 30.3 Å². The minimum Gasteiger partial charge on any atom is -0.464 e.